The minimum absolute atomic E-state index is 0.112. The Hall–Kier alpha value is -3.06. The second-order valence-corrected chi connectivity index (χ2v) is 7.84. The van der Waals surface area contributed by atoms with Gasteiger partial charge in [-0.15, -0.1) is 0 Å². The third kappa shape index (κ3) is 7.61. The average molecular weight is 448 g/mol. The molecule has 2 aromatic rings. The molecule has 0 aromatic heterocycles. The van der Waals surface area contributed by atoms with Crippen LogP contribution in [0.4, 0.5) is 0 Å². The number of carbonyl (C=O) groups is 3. The first-order valence-corrected chi connectivity index (χ1v) is 10.2. The van der Waals surface area contributed by atoms with Crippen molar-refractivity contribution in [1.82, 2.24) is 5.32 Å². The molecule has 2 rings (SSSR count). The molecule has 0 heterocycles. The zero-order chi connectivity index (χ0) is 23.0. The van der Waals surface area contributed by atoms with Crippen LogP contribution >= 0.6 is 11.6 Å². The van der Waals surface area contributed by atoms with Crippen LogP contribution in [0.25, 0.3) is 0 Å². The van der Waals surface area contributed by atoms with Gasteiger partial charge in [-0.05, 0) is 48.7 Å². The molecule has 0 aliphatic carbocycles. The lowest BCUT2D eigenvalue weighted by Gasteiger charge is -2.26. The predicted molar refractivity (Wildman–Crippen MR) is 116 cm³/mol. The number of ether oxygens (including phenoxy) is 1. The summed E-state index contributed by atoms with van der Waals surface area (Å²) < 4.78 is 5.22. The van der Waals surface area contributed by atoms with E-state index >= 15 is 0 Å². The fraction of sp³-hybridized carbons (Fsp3) is 0.348. The summed E-state index contributed by atoms with van der Waals surface area (Å²) >= 11 is 5.98. The van der Waals surface area contributed by atoms with Crippen molar-refractivity contribution >= 4 is 29.4 Å². The molecule has 7 nitrogen and oxygen atoms in total. The number of carboxylic acid groups (broad SMARTS) is 2. The highest BCUT2D eigenvalue weighted by Gasteiger charge is 2.27. The van der Waals surface area contributed by atoms with Gasteiger partial charge in [0.15, 0.2) is 0 Å². The highest BCUT2D eigenvalue weighted by molar-refractivity contribution is 6.30. The number of rotatable bonds is 11. The van der Waals surface area contributed by atoms with Crippen LogP contribution in [0.2, 0.25) is 5.02 Å². The van der Waals surface area contributed by atoms with Gasteiger partial charge < -0.3 is 20.3 Å². The van der Waals surface area contributed by atoms with E-state index in [9.17, 15) is 19.5 Å². The van der Waals surface area contributed by atoms with E-state index in [4.69, 9.17) is 21.4 Å². The Morgan fingerprint density at radius 2 is 1.61 bits per heavy atom. The number of methoxy groups -OCH3 is 1. The first-order chi connectivity index (χ1) is 14.7. The lowest BCUT2D eigenvalue weighted by atomic mass is 9.86. The summed E-state index contributed by atoms with van der Waals surface area (Å²) in [4.78, 5) is 34.6. The Kier molecular flexibility index (Phi) is 8.88. The van der Waals surface area contributed by atoms with Crippen LogP contribution < -0.4 is 10.1 Å². The first-order valence-electron chi connectivity index (χ1n) is 9.82. The summed E-state index contributed by atoms with van der Waals surface area (Å²) in [6.07, 6.45) is -0.394. The van der Waals surface area contributed by atoms with Crippen molar-refractivity contribution in [1.29, 1.82) is 0 Å². The zero-order valence-corrected chi connectivity index (χ0v) is 18.1. The van der Waals surface area contributed by atoms with E-state index in [1.165, 1.54) is 0 Å². The smallest absolute Gasteiger partial charge is 0.307 e. The van der Waals surface area contributed by atoms with Crippen LogP contribution in [0.15, 0.2) is 48.5 Å². The average Bonchev–Trinajstić information content (AvgIpc) is 2.72. The van der Waals surface area contributed by atoms with Crippen LogP contribution in [0.5, 0.6) is 5.75 Å². The molecule has 0 aliphatic rings. The highest BCUT2D eigenvalue weighted by Crippen LogP contribution is 2.27. The van der Waals surface area contributed by atoms with Gasteiger partial charge in [0.2, 0.25) is 5.91 Å². The molecule has 0 saturated carbocycles. The number of nitrogens with one attached hydrogen (secondary N) is 1. The largest absolute Gasteiger partial charge is 0.497 e. The second-order valence-electron chi connectivity index (χ2n) is 7.40. The van der Waals surface area contributed by atoms with Gasteiger partial charge >= 0.3 is 11.9 Å². The molecule has 0 saturated heterocycles. The van der Waals surface area contributed by atoms with Crippen LogP contribution in [0.3, 0.4) is 0 Å². The molecule has 0 aliphatic heterocycles. The van der Waals surface area contributed by atoms with Gasteiger partial charge in [0.1, 0.15) is 5.75 Å². The number of benzene rings is 2. The molecule has 3 unspecified atom stereocenters. The molecule has 1 amide bonds. The Labute approximate surface area is 186 Å². The predicted octanol–water partition coefficient (Wildman–Crippen LogP) is 3.75. The van der Waals surface area contributed by atoms with E-state index in [0.717, 1.165) is 11.1 Å². The monoisotopic (exact) mass is 447 g/mol. The third-order valence-corrected chi connectivity index (χ3v) is 5.36. The van der Waals surface area contributed by atoms with Gasteiger partial charge in [-0.2, -0.15) is 0 Å². The fourth-order valence-corrected chi connectivity index (χ4v) is 3.53. The quantitative estimate of drug-likeness (QED) is 0.483. The molecular weight excluding hydrogens is 422 g/mol. The Bertz CT molecular complexity index is 897. The maximum absolute atomic E-state index is 12.5. The van der Waals surface area contributed by atoms with Crippen LogP contribution in [0, 0.1) is 5.92 Å². The summed E-state index contributed by atoms with van der Waals surface area (Å²) in [6, 6.07) is 14.6. The molecule has 3 N–H and O–H groups in total. The lowest BCUT2D eigenvalue weighted by molar-refractivity contribution is -0.149. The summed E-state index contributed by atoms with van der Waals surface area (Å²) in [6.45, 7) is 1.84. The van der Waals surface area contributed by atoms with E-state index in [2.05, 4.69) is 5.32 Å². The summed E-state index contributed by atoms with van der Waals surface area (Å²) in [7, 11) is 1.58. The Morgan fingerprint density at radius 3 is 2.13 bits per heavy atom. The lowest BCUT2D eigenvalue weighted by Crippen LogP contribution is -2.39. The zero-order valence-electron chi connectivity index (χ0n) is 17.4. The van der Waals surface area contributed by atoms with Crippen molar-refractivity contribution < 1.29 is 29.3 Å². The number of halogens is 1. The minimum atomic E-state index is -1.31. The van der Waals surface area contributed by atoms with Crippen LogP contribution in [-0.4, -0.2) is 41.2 Å². The summed E-state index contributed by atoms with van der Waals surface area (Å²) in [5.41, 5.74) is 2.00. The minimum Gasteiger partial charge on any atom is -0.497 e. The molecule has 0 spiro atoms. The van der Waals surface area contributed by atoms with E-state index in [-0.39, 0.29) is 12.0 Å². The third-order valence-electron chi connectivity index (χ3n) is 5.11. The first kappa shape index (κ1) is 24.2. The molecule has 2 aromatic carbocycles. The summed E-state index contributed by atoms with van der Waals surface area (Å²) in [5.74, 6) is -3.75. The molecule has 8 heteroatoms. The van der Waals surface area contributed by atoms with Crippen molar-refractivity contribution in [3.05, 3.63) is 64.7 Å². The van der Waals surface area contributed by atoms with Crippen molar-refractivity contribution in [2.45, 2.75) is 38.1 Å². The van der Waals surface area contributed by atoms with Gasteiger partial charge in [-0.25, -0.2) is 0 Å². The maximum atomic E-state index is 12.5. The van der Waals surface area contributed by atoms with Crippen molar-refractivity contribution in [2.75, 3.05) is 7.11 Å². The van der Waals surface area contributed by atoms with Gasteiger partial charge in [-0.3, -0.25) is 14.4 Å². The molecular formula is C23H26ClNO6. The molecule has 0 radical (unpaired) electrons. The molecule has 3 atom stereocenters. The molecule has 0 bridgehead atoms. The number of hydrogen-bond donors (Lipinski definition) is 3. The van der Waals surface area contributed by atoms with Gasteiger partial charge in [0, 0.05) is 23.4 Å². The standard InChI is InChI=1S/C23H26ClNO6/c1-14(25-21(26)12-17(23(29)30)13-22(27)28)20(11-15-3-7-18(24)8-4-15)16-5-9-19(31-2)10-6-16/h3-10,14,17,20H,11-13H2,1-2H3,(H,25,26)(H,27,28)(H,29,30). The SMILES string of the molecule is COc1ccc(C(Cc2ccc(Cl)cc2)C(C)NC(=O)CC(CC(=O)O)C(=O)O)cc1. The van der Waals surface area contributed by atoms with Gasteiger partial charge in [0.05, 0.1) is 19.4 Å². The van der Waals surface area contributed by atoms with E-state index in [1.807, 2.05) is 43.3 Å². The van der Waals surface area contributed by atoms with Crippen LogP contribution in [-0.2, 0) is 20.8 Å². The number of carbonyl (C=O) groups excluding carboxylic acids is 1. The maximum Gasteiger partial charge on any atom is 0.307 e. The van der Waals surface area contributed by atoms with Crippen molar-refractivity contribution in [3.8, 4) is 5.75 Å². The molecule has 0 fully saturated rings. The number of aliphatic carboxylic acids is 2. The molecule has 31 heavy (non-hydrogen) atoms. The van der Waals surface area contributed by atoms with Gasteiger partial charge in [0.25, 0.3) is 0 Å². The van der Waals surface area contributed by atoms with Gasteiger partial charge in [-0.1, -0.05) is 35.9 Å². The number of hydrogen-bond acceptors (Lipinski definition) is 4. The van der Waals surface area contributed by atoms with E-state index in [0.29, 0.717) is 17.2 Å². The Balaban J connectivity index is 2.18. The fourth-order valence-electron chi connectivity index (χ4n) is 3.40. The Morgan fingerprint density at radius 1 is 1.00 bits per heavy atom. The van der Waals surface area contributed by atoms with Crippen molar-refractivity contribution in [3.63, 3.8) is 0 Å². The molecule has 166 valence electrons. The van der Waals surface area contributed by atoms with E-state index in [1.54, 1.807) is 19.2 Å². The van der Waals surface area contributed by atoms with Crippen molar-refractivity contribution in [2.24, 2.45) is 5.92 Å². The number of amides is 1. The highest BCUT2D eigenvalue weighted by atomic mass is 35.5. The van der Waals surface area contributed by atoms with Crippen LogP contribution in [0.1, 0.15) is 36.8 Å². The topological polar surface area (TPSA) is 113 Å². The number of carboxylic acids is 2. The second kappa shape index (κ2) is 11.4. The summed E-state index contributed by atoms with van der Waals surface area (Å²) in [5, 5.41) is 21.5. The van der Waals surface area contributed by atoms with E-state index < -0.39 is 36.6 Å². The normalized spacial score (nSPS) is 13.6.